The smallest absolute Gasteiger partial charge is 0.407 e. The molecule has 1 aliphatic heterocycles. The van der Waals surface area contributed by atoms with Crippen molar-refractivity contribution in [2.24, 2.45) is 0 Å². The van der Waals surface area contributed by atoms with E-state index in [1.807, 2.05) is 77.6 Å². The molecule has 2 fully saturated rings. The zero-order valence-electron chi connectivity index (χ0n) is 25.3. The summed E-state index contributed by atoms with van der Waals surface area (Å²) >= 11 is 0. The highest BCUT2D eigenvalue weighted by Gasteiger charge is 2.34. The van der Waals surface area contributed by atoms with Gasteiger partial charge < -0.3 is 15.2 Å². The van der Waals surface area contributed by atoms with E-state index < -0.39 is 5.60 Å². The Morgan fingerprint density at radius 1 is 0.886 bits per heavy atom. The Balaban J connectivity index is 1.20. The highest BCUT2D eigenvalue weighted by molar-refractivity contribution is 5.68. The van der Waals surface area contributed by atoms with Crippen LogP contribution < -0.4 is 5.32 Å². The number of carbonyl (C=O) groups excluding carboxylic acids is 1. The van der Waals surface area contributed by atoms with E-state index in [0.29, 0.717) is 32.2 Å². The molecule has 44 heavy (non-hydrogen) atoms. The maximum Gasteiger partial charge on any atom is 0.407 e. The number of amides is 1. The fourth-order valence-electron chi connectivity index (χ4n) is 6.67. The number of hydrogen-bond donors (Lipinski definition) is 2. The average Bonchev–Trinajstić information content (AvgIpc) is 3.75. The molecule has 1 aromatic heterocycles. The zero-order valence-corrected chi connectivity index (χ0v) is 25.3. The average molecular weight is 594 g/mol. The molecule has 8 heteroatoms. The number of piperidine rings is 1. The van der Waals surface area contributed by atoms with Crippen LogP contribution in [-0.2, 0) is 29.7 Å². The van der Waals surface area contributed by atoms with E-state index in [0.717, 1.165) is 61.2 Å². The lowest BCUT2D eigenvalue weighted by Gasteiger charge is -2.38. The van der Waals surface area contributed by atoms with Gasteiger partial charge in [-0.3, -0.25) is 4.90 Å². The van der Waals surface area contributed by atoms with Gasteiger partial charge >= 0.3 is 6.09 Å². The molecule has 1 aliphatic carbocycles. The van der Waals surface area contributed by atoms with Gasteiger partial charge in [-0.05, 0) is 68.1 Å². The zero-order chi connectivity index (χ0) is 30.2. The fourth-order valence-corrected chi connectivity index (χ4v) is 6.67. The van der Waals surface area contributed by atoms with Crippen LogP contribution in [0.4, 0.5) is 4.79 Å². The quantitative estimate of drug-likeness (QED) is 0.228. The van der Waals surface area contributed by atoms with Gasteiger partial charge in [0.1, 0.15) is 6.10 Å². The number of aromatic nitrogens is 3. The topological polar surface area (TPSA) is 92.5 Å². The monoisotopic (exact) mass is 593 g/mol. The standard InChI is InChI=1S/C36H43N5O3/c42-35(44-32-18-10-11-19-32)37-33(24-28-12-4-1-5-13-28)34(25-29-14-6-2-7-15-29)41-27-31(38-39-41)26-40-22-20-36(43,21-23-40)30-16-8-3-9-17-30/h1-9,12-17,27,32-34,43H,10-11,18-26H2,(H,37,42)/t33-,34-/m0/s1. The van der Waals surface area contributed by atoms with Gasteiger partial charge in [0.15, 0.2) is 0 Å². The second-order valence-electron chi connectivity index (χ2n) is 12.4. The number of ether oxygens (including phenoxy) is 1. The van der Waals surface area contributed by atoms with Gasteiger partial charge in [0.05, 0.1) is 29.6 Å². The van der Waals surface area contributed by atoms with E-state index in [9.17, 15) is 9.90 Å². The van der Waals surface area contributed by atoms with E-state index in [1.54, 1.807) is 0 Å². The highest BCUT2D eigenvalue weighted by Crippen LogP contribution is 2.33. The second-order valence-corrected chi connectivity index (χ2v) is 12.4. The Bertz CT molecular complexity index is 1450. The van der Waals surface area contributed by atoms with E-state index in [-0.39, 0.29) is 24.3 Å². The Labute approximate surface area is 260 Å². The third-order valence-corrected chi connectivity index (χ3v) is 9.21. The minimum Gasteiger partial charge on any atom is -0.446 e. The molecule has 2 heterocycles. The molecule has 1 amide bonds. The number of alkyl carbamates (subject to hydrolysis) is 1. The first-order valence-electron chi connectivity index (χ1n) is 16.0. The second kappa shape index (κ2) is 14.2. The van der Waals surface area contributed by atoms with E-state index in [1.165, 1.54) is 0 Å². The molecule has 3 aromatic carbocycles. The van der Waals surface area contributed by atoms with Crippen LogP contribution >= 0.6 is 0 Å². The lowest BCUT2D eigenvalue weighted by atomic mass is 9.84. The van der Waals surface area contributed by atoms with Crippen molar-refractivity contribution in [1.82, 2.24) is 25.2 Å². The third kappa shape index (κ3) is 7.73. The molecule has 1 saturated heterocycles. The van der Waals surface area contributed by atoms with Crippen molar-refractivity contribution in [2.75, 3.05) is 13.1 Å². The molecule has 2 aliphatic rings. The third-order valence-electron chi connectivity index (χ3n) is 9.21. The minimum absolute atomic E-state index is 0.0120. The van der Waals surface area contributed by atoms with Crippen LogP contribution in [0.15, 0.2) is 97.2 Å². The molecular formula is C36H43N5O3. The SMILES string of the molecule is O=C(N[C@@H](Cc1ccccc1)[C@H](Cc1ccccc1)n1cc(CN2CCC(O)(c3ccccc3)CC2)nn1)OC1CCCC1. The molecular weight excluding hydrogens is 550 g/mol. The first-order valence-corrected chi connectivity index (χ1v) is 16.0. The predicted octanol–water partition coefficient (Wildman–Crippen LogP) is 5.83. The van der Waals surface area contributed by atoms with Crippen molar-refractivity contribution in [2.45, 2.75) is 81.7 Å². The predicted molar refractivity (Wildman–Crippen MR) is 170 cm³/mol. The van der Waals surface area contributed by atoms with Crippen LogP contribution in [0.3, 0.4) is 0 Å². The summed E-state index contributed by atoms with van der Waals surface area (Å²) in [6.07, 6.45) is 8.37. The molecule has 0 spiro atoms. The number of rotatable bonds is 11. The molecule has 2 N–H and O–H groups in total. The number of aliphatic hydroxyl groups is 1. The summed E-state index contributed by atoms with van der Waals surface area (Å²) in [5.74, 6) is 0. The lowest BCUT2D eigenvalue weighted by molar-refractivity contribution is -0.0279. The number of likely N-dealkylation sites (tertiary alicyclic amines) is 1. The van der Waals surface area contributed by atoms with E-state index in [4.69, 9.17) is 4.74 Å². The molecule has 8 nitrogen and oxygen atoms in total. The largest absolute Gasteiger partial charge is 0.446 e. The first-order chi connectivity index (χ1) is 21.5. The van der Waals surface area contributed by atoms with Crippen LogP contribution in [0, 0.1) is 0 Å². The molecule has 0 bridgehead atoms. The number of benzene rings is 3. The van der Waals surface area contributed by atoms with Crippen molar-refractivity contribution in [3.63, 3.8) is 0 Å². The van der Waals surface area contributed by atoms with Gasteiger partial charge in [-0.2, -0.15) is 0 Å². The summed E-state index contributed by atoms with van der Waals surface area (Å²) in [4.78, 5) is 15.5. The first kappa shape index (κ1) is 30.0. The van der Waals surface area contributed by atoms with Crippen molar-refractivity contribution < 1.29 is 14.6 Å². The Morgan fingerprint density at radius 2 is 1.48 bits per heavy atom. The van der Waals surface area contributed by atoms with E-state index >= 15 is 0 Å². The molecule has 230 valence electrons. The van der Waals surface area contributed by atoms with Gasteiger partial charge in [-0.1, -0.05) is 96.2 Å². The van der Waals surface area contributed by atoms with Crippen LogP contribution in [0.1, 0.15) is 67.0 Å². The van der Waals surface area contributed by atoms with Crippen molar-refractivity contribution >= 4 is 6.09 Å². The number of nitrogens with zero attached hydrogens (tertiary/aromatic N) is 4. The van der Waals surface area contributed by atoms with Gasteiger partial charge in [0.2, 0.25) is 0 Å². The summed E-state index contributed by atoms with van der Waals surface area (Å²) in [6, 6.07) is 30.1. The van der Waals surface area contributed by atoms with E-state index in [2.05, 4.69) is 44.8 Å². The fraction of sp³-hybridized carbons (Fsp3) is 0.417. The van der Waals surface area contributed by atoms with Gasteiger partial charge in [-0.15, -0.1) is 5.10 Å². The molecule has 4 aromatic rings. The molecule has 0 radical (unpaired) electrons. The van der Waals surface area contributed by atoms with Crippen molar-refractivity contribution in [3.8, 4) is 0 Å². The molecule has 6 rings (SSSR count). The number of carbonyl (C=O) groups is 1. The Kier molecular flexibility index (Phi) is 9.68. The summed E-state index contributed by atoms with van der Waals surface area (Å²) in [5, 5.41) is 23.7. The van der Waals surface area contributed by atoms with Crippen LogP contribution in [-0.4, -0.2) is 56.3 Å². The normalized spacial score (nSPS) is 18.5. The number of hydrogen-bond acceptors (Lipinski definition) is 6. The Hall–Kier alpha value is -4.01. The van der Waals surface area contributed by atoms with Gasteiger partial charge in [0.25, 0.3) is 0 Å². The maximum absolute atomic E-state index is 13.2. The summed E-state index contributed by atoms with van der Waals surface area (Å²) in [7, 11) is 0. The number of nitrogens with one attached hydrogen (secondary N) is 1. The molecule has 0 unspecified atom stereocenters. The molecule has 2 atom stereocenters. The highest BCUT2D eigenvalue weighted by atomic mass is 16.6. The van der Waals surface area contributed by atoms with Crippen molar-refractivity contribution in [3.05, 3.63) is 120 Å². The minimum atomic E-state index is -0.792. The van der Waals surface area contributed by atoms with Crippen LogP contribution in [0.5, 0.6) is 0 Å². The summed E-state index contributed by atoms with van der Waals surface area (Å²) < 4.78 is 7.77. The van der Waals surface area contributed by atoms with Gasteiger partial charge in [0, 0.05) is 19.6 Å². The molecule has 1 saturated carbocycles. The summed E-state index contributed by atoms with van der Waals surface area (Å²) in [6.45, 7) is 2.21. The maximum atomic E-state index is 13.2. The summed E-state index contributed by atoms with van der Waals surface area (Å²) in [5.41, 5.74) is 3.36. The lowest BCUT2D eigenvalue weighted by Crippen LogP contribution is -2.45. The van der Waals surface area contributed by atoms with Crippen LogP contribution in [0.2, 0.25) is 0 Å². The Morgan fingerprint density at radius 3 is 2.11 bits per heavy atom. The van der Waals surface area contributed by atoms with Gasteiger partial charge in [-0.25, -0.2) is 9.48 Å². The van der Waals surface area contributed by atoms with Crippen LogP contribution in [0.25, 0.3) is 0 Å². The van der Waals surface area contributed by atoms with Crippen molar-refractivity contribution in [1.29, 1.82) is 0 Å².